The number of nitrogens with one attached hydrogen (secondary N) is 2. The molecule has 31 heavy (non-hydrogen) atoms. The Hall–Kier alpha value is -2.36. The molecule has 2 N–H and O–H groups in total. The molecule has 0 spiro atoms. The van der Waals surface area contributed by atoms with Gasteiger partial charge in [0.25, 0.3) is 0 Å². The summed E-state index contributed by atoms with van der Waals surface area (Å²) in [7, 11) is 5.13. The van der Waals surface area contributed by atoms with Crippen LogP contribution in [0.15, 0.2) is 23.2 Å². The maximum Gasteiger partial charge on any atom is 0.241 e. The van der Waals surface area contributed by atoms with E-state index in [1.807, 2.05) is 25.1 Å². The van der Waals surface area contributed by atoms with Crippen molar-refractivity contribution < 1.29 is 19.0 Å². The number of nitrogens with zero attached hydrogens (tertiary/aromatic N) is 3. The third-order valence-corrected chi connectivity index (χ3v) is 4.91. The molecule has 9 nitrogen and oxygen atoms in total. The second-order valence-electron chi connectivity index (χ2n) is 7.64. The monoisotopic (exact) mass is 435 g/mol. The Morgan fingerprint density at radius 1 is 1.23 bits per heavy atom. The van der Waals surface area contributed by atoms with Crippen LogP contribution in [-0.2, 0) is 20.8 Å². The molecule has 1 heterocycles. The molecule has 0 radical (unpaired) electrons. The van der Waals surface area contributed by atoms with Gasteiger partial charge in [-0.3, -0.25) is 9.69 Å². The van der Waals surface area contributed by atoms with Crippen LogP contribution in [0, 0.1) is 6.92 Å². The molecule has 1 fully saturated rings. The van der Waals surface area contributed by atoms with Gasteiger partial charge in [-0.1, -0.05) is 12.1 Å². The fourth-order valence-electron chi connectivity index (χ4n) is 2.97. The summed E-state index contributed by atoms with van der Waals surface area (Å²) in [5, 5.41) is 6.48. The Labute approximate surface area is 185 Å². The summed E-state index contributed by atoms with van der Waals surface area (Å²) in [5.74, 6) is 1.39. The van der Waals surface area contributed by atoms with E-state index in [-0.39, 0.29) is 12.5 Å². The highest BCUT2D eigenvalue weighted by atomic mass is 16.5. The van der Waals surface area contributed by atoms with E-state index < -0.39 is 0 Å². The number of aliphatic imine (C=N–C) groups is 1. The lowest BCUT2D eigenvalue weighted by atomic mass is 10.1. The van der Waals surface area contributed by atoms with Crippen molar-refractivity contribution in [3.63, 3.8) is 0 Å². The number of morpholine rings is 1. The van der Waals surface area contributed by atoms with Gasteiger partial charge in [-0.2, -0.15) is 0 Å². The highest BCUT2D eigenvalue weighted by Gasteiger charge is 2.11. The minimum atomic E-state index is -0.0124. The largest absolute Gasteiger partial charge is 0.491 e. The molecule has 0 atom stereocenters. The van der Waals surface area contributed by atoms with Crippen LogP contribution >= 0.6 is 0 Å². The van der Waals surface area contributed by atoms with Gasteiger partial charge in [0.05, 0.1) is 32.9 Å². The fraction of sp³-hybridized carbons (Fsp3) is 0.636. The van der Waals surface area contributed by atoms with Gasteiger partial charge >= 0.3 is 0 Å². The molecule has 0 aliphatic carbocycles. The van der Waals surface area contributed by atoms with Gasteiger partial charge in [-0.05, 0) is 18.6 Å². The molecule has 9 heteroatoms. The molecule has 1 aliphatic rings. The van der Waals surface area contributed by atoms with E-state index in [9.17, 15) is 4.79 Å². The first-order valence-corrected chi connectivity index (χ1v) is 10.7. The summed E-state index contributed by atoms with van der Waals surface area (Å²) in [6, 6.07) is 6.08. The summed E-state index contributed by atoms with van der Waals surface area (Å²) in [6.45, 7) is 8.70. The molecule has 0 aromatic heterocycles. The zero-order valence-electron chi connectivity index (χ0n) is 19.3. The second-order valence-corrected chi connectivity index (χ2v) is 7.64. The standard InChI is InChI=1S/C22H37N5O4/c1-18-5-6-19(20(15-18)31-14-13-29-4)16-24-22(25-17-21(28)26(2)3)23-7-8-27-9-11-30-12-10-27/h5-6,15H,7-14,16-17H2,1-4H3,(H2,23,24,25). The SMILES string of the molecule is COCCOc1cc(C)ccc1CN=C(NCCN1CCOCC1)NCC(=O)N(C)C. The summed E-state index contributed by atoms with van der Waals surface area (Å²) in [6.07, 6.45) is 0. The van der Waals surface area contributed by atoms with Gasteiger partial charge in [0.2, 0.25) is 5.91 Å². The van der Waals surface area contributed by atoms with E-state index in [0.29, 0.717) is 25.7 Å². The van der Waals surface area contributed by atoms with Gasteiger partial charge < -0.3 is 29.7 Å². The van der Waals surface area contributed by atoms with Crippen LogP contribution in [0.5, 0.6) is 5.75 Å². The van der Waals surface area contributed by atoms with Crippen molar-refractivity contribution in [3.05, 3.63) is 29.3 Å². The quantitative estimate of drug-likeness (QED) is 0.297. The first-order chi connectivity index (χ1) is 15.0. The number of carbonyl (C=O) groups is 1. The van der Waals surface area contributed by atoms with Crippen LogP contribution in [0.4, 0.5) is 0 Å². The van der Waals surface area contributed by atoms with E-state index in [1.54, 1.807) is 26.1 Å². The predicted octanol–water partition coefficient (Wildman–Crippen LogP) is 0.476. The topological polar surface area (TPSA) is 87.7 Å². The van der Waals surface area contributed by atoms with E-state index in [4.69, 9.17) is 19.2 Å². The van der Waals surface area contributed by atoms with Crippen LogP contribution in [0.25, 0.3) is 0 Å². The van der Waals surface area contributed by atoms with Crippen LogP contribution in [0.1, 0.15) is 11.1 Å². The van der Waals surface area contributed by atoms with Crippen LogP contribution in [-0.4, -0.2) is 102 Å². The third kappa shape index (κ3) is 9.54. The van der Waals surface area contributed by atoms with Crippen LogP contribution in [0.3, 0.4) is 0 Å². The zero-order valence-corrected chi connectivity index (χ0v) is 19.3. The molecule has 1 aromatic carbocycles. The van der Waals surface area contributed by atoms with Crippen molar-refractivity contribution in [2.24, 2.45) is 4.99 Å². The van der Waals surface area contributed by atoms with Crippen molar-refractivity contribution >= 4 is 11.9 Å². The molecule has 2 rings (SSSR count). The molecule has 1 aliphatic heterocycles. The number of hydrogen-bond donors (Lipinski definition) is 2. The van der Waals surface area contributed by atoms with Crippen LogP contribution in [0.2, 0.25) is 0 Å². The summed E-state index contributed by atoms with van der Waals surface area (Å²) >= 11 is 0. The van der Waals surface area contributed by atoms with E-state index in [0.717, 1.165) is 56.3 Å². The Morgan fingerprint density at radius 3 is 2.71 bits per heavy atom. The molecule has 0 unspecified atom stereocenters. The van der Waals surface area contributed by atoms with Crippen molar-refractivity contribution in [1.29, 1.82) is 0 Å². The average molecular weight is 436 g/mol. The number of ether oxygens (including phenoxy) is 3. The van der Waals surface area contributed by atoms with Crippen LogP contribution < -0.4 is 15.4 Å². The molecule has 1 saturated heterocycles. The van der Waals surface area contributed by atoms with E-state index in [1.165, 1.54) is 0 Å². The second kappa shape index (κ2) is 13.8. The number of methoxy groups -OCH3 is 1. The summed E-state index contributed by atoms with van der Waals surface area (Å²) in [5.41, 5.74) is 2.11. The average Bonchev–Trinajstić information content (AvgIpc) is 2.76. The van der Waals surface area contributed by atoms with Crippen molar-refractivity contribution in [1.82, 2.24) is 20.4 Å². The lowest BCUT2D eigenvalue weighted by molar-refractivity contribution is -0.127. The first-order valence-electron chi connectivity index (χ1n) is 10.7. The normalized spacial score (nSPS) is 14.9. The highest BCUT2D eigenvalue weighted by Crippen LogP contribution is 2.21. The Kier molecular flexibility index (Phi) is 11.1. The number of aryl methyl sites for hydroxylation is 1. The first kappa shape index (κ1) is 24.9. The minimum absolute atomic E-state index is 0.0124. The fourth-order valence-corrected chi connectivity index (χ4v) is 2.97. The van der Waals surface area contributed by atoms with E-state index in [2.05, 4.69) is 15.5 Å². The minimum Gasteiger partial charge on any atom is -0.491 e. The number of amides is 1. The Morgan fingerprint density at radius 2 is 2.00 bits per heavy atom. The summed E-state index contributed by atoms with van der Waals surface area (Å²) < 4.78 is 16.3. The number of likely N-dealkylation sites (N-methyl/N-ethyl adjacent to an activating group) is 1. The Bertz CT molecular complexity index is 705. The van der Waals surface area contributed by atoms with Gasteiger partial charge in [0.1, 0.15) is 12.4 Å². The van der Waals surface area contributed by atoms with Crippen molar-refractivity contribution in [2.75, 3.05) is 80.4 Å². The summed E-state index contributed by atoms with van der Waals surface area (Å²) in [4.78, 5) is 20.6. The maximum absolute atomic E-state index is 12.0. The lowest BCUT2D eigenvalue weighted by Gasteiger charge is -2.26. The smallest absolute Gasteiger partial charge is 0.241 e. The molecule has 1 amide bonds. The number of rotatable bonds is 11. The molecular formula is C22H37N5O4. The lowest BCUT2D eigenvalue weighted by Crippen LogP contribution is -2.46. The Balaban J connectivity index is 2.00. The van der Waals surface area contributed by atoms with Gasteiger partial charge in [0, 0.05) is 52.9 Å². The molecule has 174 valence electrons. The molecule has 0 bridgehead atoms. The van der Waals surface area contributed by atoms with Crippen molar-refractivity contribution in [3.8, 4) is 5.75 Å². The highest BCUT2D eigenvalue weighted by molar-refractivity contribution is 5.86. The number of hydrogen-bond acceptors (Lipinski definition) is 6. The maximum atomic E-state index is 12.0. The molecule has 0 saturated carbocycles. The number of guanidine groups is 1. The zero-order chi connectivity index (χ0) is 22.5. The van der Waals surface area contributed by atoms with Gasteiger partial charge in [-0.25, -0.2) is 4.99 Å². The molecular weight excluding hydrogens is 398 g/mol. The van der Waals surface area contributed by atoms with Crippen molar-refractivity contribution in [2.45, 2.75) is 13.5 Å². The van der Waals surface area contributed by atoms with Gasteiger partial charge in [0.15, 0.2) is 5.96 Å². The number of benzene rings is 1. The molecule has 1 aromatic rings. The van der Waals surface area contributed by atoms with E-state index >= 15 is 0 Å². The third-order valence-electron chi connectivity index (χ3n) is 4.91. The number of carbonyl (C=O) groups excluding carboxylic acids is 1. The predicted molar refractivity (Wildman–Crippen MR) is 122 cm³/mol. The van der Waals surface area contributed by atoms with Gasteiger partial charge in [-0.15, -0.1) is 0 Å².